The molecule has 0 amide bonds. The third-order valence-electron chi connectivity index (χ3n) is 3.63. The summed E-state index contributed by atoms with van der Waals surface area (Å²) < 4.78 is 18.4. The maximum atomic E-state index is 13.3. The number of rotatable bonds is 6. The number of nitrogens with two attached hydrogens (primary N) is 1. The Morgan fingerprint density at radius 1 is 1.39 bits per heavy atom. The molecule has 4 heteroatoms. The molecule has 0 aliphatic carbocycles. The third kappa shape index (κ3) is 2.53. The fraction of sp³-hybridized carbons (Fsp3) is 0.500. The number of carbonyl (C=O) groups is 1. The molecule has 1 rings (SSSR count). The molecule has 0 aliphatic rings. The van der Waals surface area contributed by atoms with Gasteiger partial charge >= 0.3 is 0 Å². The van der Waals surface area contributed by atoms with Crippen LogP contribution < -0.4 is 10.5 Å². The van der Waals surface area contributed by atoms with E-state index in [9.17, 15) is 9.18 Å². The van der Waals surface area contributed by atoms with Gasteiger partial charge in [-0.2, -0.15) is 0 Å². The lowest BCUT2D eigenvalue weighted by atomic mass is 9.75. The van der Waals surface area contributed by atoms with Crippen LogP contribution in [-0.4, -0.2) is 19.4 Å². The van der Waals surface area contributed by atoms with E-state index in [1.54, 1.807) is 0 Å². The zero-order valence-corrected chi connectivity index (χ0v) is 11.1. The van der Waals surface area contributed by atoms with E-state index in [1.165, 1.54) is 25.3 Å². The third-order valence-corrected chi connectivity index (χ3v) is 3.63. The number of methoxy groups -OCH3 is 1. The van der Waals surface area contributed by atoms with E-state index in [4.69, 9.17) is 10.5 Å². The summed E-state index contributed by atoms with van der Waals surface area (Å²) in [4.78, 5) is 12.6. The standard InChI is InChI=1S/C14H20FNO2/c1-4-14(5-2,9-16)13(17)11-8-10(15)6-7-12(11)18-3/h6-8H,4-5,9,16H2,1-3H3. The number of hydrogen-bond acceptors (Lipinski definition) is 3. The minimum atomic E-state index is -0.638. The van der Waals surface area contributed by atoms with Crippen LogP contribution >= 0.6 is 0 Å². The summed E-state index contributed by atoms with van der Waals surface area (Å²) >= 11 is 0. The Morgan fingerprint density at radius 2 is 2.00 bits per heavy atom. The summed E-state index contributed by atoms with van der Waals surface area (Å²) in [7, 11) is 1.46. The quantitative estimate of drug-likeness (QED) is 0.793. The molecule has 3 nitrogen and oxygen atoms in total. The first-order chi connectivity index (χ1) is 8.54. The van der Waals surface area contributed by atoms with Gasteiger partial charge in [-0.15, -0.1) is 0 Å². The van der Waals surface area contributed by atoms with Gasteiger partial charge in [0.15, 0.2) is 5.78 Å². The van der Waals surface area contributed by atoms with Gasteiger partial charge in [0.2, 0.25) is 0 Å². The van der Waals surface area contributed by atoms with E-state index in [0.717, 1.165) is 0 Å². The number of ketones is 1. The highest BCUT2D eigenvalue weighted by atomic mass is 19.1. The van der Waals surface area contributed by atoms with Gasteiger partial charge in [-0.05, 0) is 31.0 Å². The van der Waals surface area contributed by atoms with Crippen molar-refractivity contribution < 1.29 is 13.9 Å². The second-order valence-corrected chi connectivity index (χ2v) is 4.37. The van der Waals surface area contributed by atoms with Crippen LogP contribution in [0.1, 0.15) is 37.0 Å². The number of hydrogen-bond donors (Lipinski definition) is 1. The number of halogens is 1. The maximum Gasteiger partial charge on any atom is 0.174 e. The molecule has 2 N–H and O–H groups in total. The van der Waals surface area contributed by atoms with Crippen molar-refractivity contribution in [1.82, 2.24) is 0 Å². The normalized spacial score (nSPS) is 11.4. The molecule has 0 unspecified atom stereocenters. The number of ether oxygens (including phenoxy) is 1. The highest BCUT2D eigenvalue weighted by Gasteiger charge is 2.35. The predicted molar refractivity (Wildman–Crippen MR) is 69.4 cm³/mol. The van der Waals surface area contributed by atoms with E-state index in [2.05, 4.69) is 0 Å². The van der Waals surface area contributed by atoms with Gasteiger partial charge in [0.1, 0.15) is 11.6 Å². The average Bonchev–Trinajstić information content (AvgIpc) is 2.41. The lowest BCUT2D eigenvalue weighted by Crippen LogP contribution is -2.37. The second kappa shape index (κ2) is 5.96. The average molecular weight is 253 g/mol. The van der Waals surface area contributed by atoms with Gasteiger partial charge in [-0.25, -0.2) is 4.39 Å². The fourth-order valence-electron chi connectivity index (χ4n) is 2.10. The molecular weight excluding hydrogens is 233 g/mol. The first-order valence-corrected chi connectivity index (χ1v) is 6.13. The molecule has 1 aromatic carbocycles. The number of Topliss-reactive ketones (excluding diaryl/α,β-unsaturated/α-hetero) is 1. The zero-order chi connectivity index (χ0) is 13.8. The molecule has 0 heterocycles. The SMILES string of the molecule is CCC(CC)(CN)C(=O)c1cc(F)ccc1OC. The summed E-state index contributed by atoms with van der Waals surface area (Å²) in [5, 5.41) is 0. The van der Waals surface area contributed by atoms with E-state index in [1.807, 2.05) is 13.8 Å². The second-order valence-electron chi connectivity index (χ2n) is 4.37. The minimum absolute atomic E-state index is 0.147. The molecule has 0 aliphatic heterocycles. The zero-order valence-electron chi connectivity index (χ0n) is 11.1. The molecule has 0 spiro atoms. The first-order valence-electron chi connectivity index (χ1n) is 6.13. The molecule has 0 atom stereocenters. The molecule has 0 aromatic heterocycles. The number of benzene rings is 1. The molecule has 100 valence electrons. The van der Waals surface area contributed by atoms with E-state index >= 15 is 0 Å². The largest absolute Gasteiger partial charge is 0.496 e. The Hall–Kier alpha value is -1.42. The Balaban J connectivity index is 3.28. The molecule has 0 saturated heterocycles. The molecule has 1 aromatic rings. The number of carbonyl (C=O) groups excluding carboxylic acids is 1. The van der Waals surface area contributed by atoms with Crippen LogP contribution in [0, 0.1) is 11.2 Å². The summed E-state index contributed by atoms with van der Waals surface area (Å²) in [6.45, 7) is 4.08. The van der Waals surface area contributed by atoms with Crippen molar-refractivity contribution in [2.24, 2.45) is 11.1 Å². The van der Waals surface area contributed by atoms with Crippen molar-refractivity contribution in [2.45, 2.75) is 26.7 Å². The van der Waals surface area contributed by atoms with Crippen molar-refractivity contribution >= 4 is 5.78 Å². The van der Waals surface area contributed by atoms with Gasteiger partial charge in [0.05, 0.1) is 12.7 Å². The van der Waals surface area contributed by atoms with E-state index < -0.39 is 11.2 Å². The maximum absolute atomic E-state index is 13.3. The van der Waals surface area contributed by atoms with Crippen LogP contribution in [-0.2, 0) is 0 Å². The van der Waals surface area contributed by atoms with Gasteiger partial charge in [0, 0.05) is 12.0 Å². The highest BCUT2D eigenvalue weighted by molar-refractivity contribution is 6.03. The lowest BCUT2D eigenvalue weighted by molar-refractivity contribution is 0.0783. The minimum Gasteiger partial charge on any atom is -0.496 e. The van der Waals surface area contributed by atoms with E-state index in [-0.39, 0.29) is 17.9 Å². The van der Waals surface area contributed by atoms with Crippen molar-refractivity contribution in [2.75, 3.05) is 13.7 Å². The summed E-state index contributed by atoms with van der Waals surface area (Å²) in [6, 6.07) is 3.96. The molecule has 0 radical (unpaired) electrons. The van der Waals surface area contributed by atoms with Crippen LogP contribution in [0.25, 0.3) is 0 Å². The van der Waals surface area contributed by atoms with Crippen LogP contribution in [0.5, 0.6) is 5.75 Å². The van der Waals surface area contributed by atoms with Crippen molar-refractivity contribution in [3.8, 4) is 5.75 Å². The molecule has 0 fully saturated rings. The molecular formula is C14H20FNO2. The van der Waals surface area contributed by atoms with Gasteiger partial charge < -0.3 is 10.5 Å². The fourth-order valence-corrected chi connectivity index (χ4v) is 2.10. The van der Waals surface area contributed by atoms with Gasteiger partial charge in [-0.1, -0.05) is 13.8 Å². The summed E-state index contributed by atoms with van der Waals surface area (Å²) in [5.74, 6) is -0.204. The van der Waals surface area contributed by atoms with Gasteiger partial charge in [-0.3, -0.25) is 4.79 Å². The van der Waals surface area contributed by atoms with E-state index in [0.29, 0.717) is 18.6 Å². The van der Waals surface area contributed by atoms with Crippen molar-refractivity contribution in [3.63, 3.8) is 0 Å². The molecule has 0 saturated carbocycles. The predicted octanol–water partition coefficient (Wildman–Crippen LogP) is 2.78. The van der Waals surface area contributed by atoms with Crippen LogP contribution in [0.15, 0.2) is 18.2 Å². The lowest BCUT2D eigenvalue weighted by Gasteiger charge is -2.29. The Labute approximate surface area is 107 Å². The topological polar surface area (TPSA) is 52.3 Å². The first kappa shape index (κ1) is 14.6. The molecule has 0 bridgehead atoms. The highest BCUT2D eigenvalue weighted by Crippen LogP contribution is 2.33. The Bertz CT molecular complexity index is 420. The van der Waals surface area contributed by atoms with Crippen LogP contribution in [0.4, 0.5) is 4.39 Å². The molecule has 18 heavy (non-hydrogen) atoms. The van der Waals surface area contributed by atoms with Crippen molar-refractivity contribution in [1.29, 1.82) is 0 Å². The van der Waals surface area contributed by atoms with Gasteiger partial charge in [0.25, 0.3) is 0 Å². The smallest absolute Gasteiger partial charge is 0.174 e. The van der Waals surface area contributed by atoms with Crippen LogP contribution in [0.2, 0.25) is 0 Å². The Morgan fingerprint density at radius 3 is 2.44 bits per heavy atom. The summed E-state index contributed by atoms with van der Waals surface area (Å²) in [5.41, 5.74) is 5.37. The monoisotopic (exact) mass is 253 g/mol. The Kier molecular flexibility index (Phi) is 4.84. The summed E-state index contributed by atoms with van der Waals surface area (Å²) in [6.07, 6.45) is 1.25. The van der Waals surface area contributed by atoms with Crippen molar-refractivity contribution in [3.05, 3.63) is 29.6 Å². The van der Waals surface area contributed by atoms with Crippen LogP contribution in [0.3, 0.4) is 0 Å².